The maximum absolute atomic E-state index is 14.2. The third kappa shape index (κ3) is 4.81. The van der Waals surface area contributed by atoms with E-state index in [-0.39, 0.29) is 16.4 Å². The smallest absolute Gasteiger partial charge is 0.258 e. The SMILES string of the molecule is CC(NS(=O)(=O)c1ccc(F)c(C(=O)Nc2ccc(F)c(F)c2)c1)c1ncccn1. The highest BCUT2D eigenvalue weighted by Gasteiger charge is 2.23. The van der Waals surface area contributed by atoms with Crippen molar-refractivity contribution in [3.8, 4) is 0 Å². The van der Waals surface area contributed by atoms with E-state index in [1.807, 2.05) is 0 Å². The minimum Gasteiger partial charge on any atom is -0.322 e. The third-order valence-corrected chi connectivity index (χ3v) is 5.51. The van der Waals surface area contributed by atoms with Gasteiger partial charge in [0.2, 0.25) is 10.0 Å². The molecule has 1 aromatic heterocycles. The number of carbonyl (C=O) groups excluding carboxylic acids is 1. The van der Waals surface area contributed by atoms with Gasteiger partial charge in [-0.3, -0.25) is 4.79 Å². The second-order valence-electron chi connectivity index (χ2n) is 6.17. The van der Waals surface area contributed by atoms with Gasteiger partial charge in [0, 0.05) is 24.1 Å². The Morgan fingerprint density at radius 3 is 2.30 bits per heavy atom. The number of hydrogen-bond donors (Lipinski definition) is 2. The van der Waals surface area contributed by atoms with Crippen LogP contribution < -0.4 is 10.0 Å². The lowest BCUT2D eigenvalue weighted by molar-refractivity contribution is 0.102. The van der Waals surface area contributed by atoms with Crippen molar-refractivity contribution in [3.63, 3.8) is 0 Å². The predicted molar refractivity (Wildman–Crippen MR) is 101 cm³/mol. The highest BCUT2D eigenvalue weighted by Crippen LogP contribution is 2.20. The van der Waals surface area contributed by atoms with Crippen LogP contribution in [0.2, 0.25) is 0 Å². The Kier molecular flexibility index (Phi) is 6.13. The molecular weight excluding hydrogens is 421 g/mol. The zero-order chi connectivity index (χ0) is 21.9. The summed E-state index contributed by atoms with van der Waals surface area (Å²) in [5.41, 5.74) is -0.717. The Morgan fingerprint density at radius 2 is 1.63 bits per heavy atom. The van der Waals surface area contributed by atoms with Crippen molar-refractivity contribution in [3.05, 3.63) is 83.7 Å². The number of sulfonamides is 1. The van der Waals surface area contributed by atoms with Crippen LogP contribution in [0.3, 0.4) is 0 Å². The van der Waals surface area contributed by atoms with Gasteiger partial charge in [-0.25, -0.2) is 36.3 Å². The normalized spacial score (nSPS) is 12.4. The summed E-state index contributed by atoms with van der Waals surface area (Å²) in [7, 11) is -4.15. The molecule has 1 amide bonds. The van der Waals surface area contributed by atoms with E-state index in [4.69, 9.17) is 0 Å². The average molecular weight is 436 g/mol. The van der Waals surface area contributed by atoms with Crippen molar-refractivity contribution in [2.75, 3.05) is 5.32 Å². The van der Waals surface area contributed by atoms with Crippen molar-refractivity contribution in [1.29, 1.82) is 0 Å². The molecule has 11 heteroatoms. The summed E-state index contributed by atoms with van der Waals surface area (Å²) in [5, 5.41) is 2.19. The van der Waals surface area contributed by atoms with Crippen LogP contribution in [0, 0.1) is 17.5 Å². The molecule has 0 bridgehead atoms. The summed E-state index contributed by atoms with van der Waals surface area (Å²) in [4.78, 5) is 19.9. The van der Waals surface area contributed by atoms with Gasteiger partial charge in [0.15, 0.2) is 11.6 Å². The van der Waals surface area contributed by atoms with Gasteiger partial charge in [-0.05, 0) is 43.3 Å². The van der Waals surface area contributed by atoms with Gasteiger partial charge in [-0.2, -0.15) is 0 Å². The van der Waals surface area contributed by atoms with E-state index in [0.29, 0.717) is 0 Å². The van der Waals surface area contributed by atoms with Crippen molar-refractivity contribution in [2.45, 2.75) is 17.9 Å². The number of amides is 1. The van der Waals surface area contributed by atoms with Gasteiger partial charge >= 0.3 is 0 Å². The van der Waals surface area contributed by atoms with Crippen molar-refractivity contribution in [1.82, 2.24) is 14.7 Å². The first-order valence-electron chi connectivity index (χ1n) is 8.52. The largest absolute Gasteiger partial charge is 0.322 e. The molecule has 0 radical (unpaired) electrons. The lowest BCUT2D eigenvalue weighted by Gasteiger charge is -2.14. The fourth-order valence-corrected chi connectivity index (χ4v) is 3.73. The molecule has 7 nitrogen and oxygen atoms in total. The molecule has 0 aliphatic rings. The number of hydrogen-bond acceptors (Lipinski definition) is 5. The van der Waals surface area contributed by atoms with Gasteiger partial charge in [-0.15, -0.1) is 0 Å². The van der Waals surface area contributed by atoms with Crippen LogP contribution in [0.25, 0.3) is 0 Å². The molecule has 1 atom stereocenters. The number of aromatic nitrogens is 2. The molecule has 30 heavy (non-hydrogen) atoms. The number of benzene rings is 2. The van der Waals surface area contributed by atoms with Crippen LogP contribution in [-0.4, -0.2) is 24.3 Å². The monoisotopic (exact) mass is 436 g/mol. The number of nitrogens with one attached hydrogen (secondary N) is 2. The number of carbonyl (C=O) groups is 1. The van der Waals surface area contributed by atoms with E-state index >= 15 is 0 Å². The summed E-state index contributed by atoms with van der Waals surface area (Å²) in [6.45, 7) is 1.52. The predicted octanol–water partition coefficient (Wildman–Crippen LogP) is 3.19. The van der Waals surface area contributed by atoms with Crippen LogP contribution in [0.15, 0.2) is 59.8 Å². The molecule has 3 aromatic rings. The molecule has 2 aromatic carbocycles. The summed E-state index contributed by atoms with van der Waals surface area (Å²) in [5.74, 6) is -4.12. The molecule has 1 heterocycles. The second kappa shape index (κ2) is 8.59. The van der Waals surface area contributed by atoms with Crippen LogP contribution in [0.1, 0.15) is 29.1 Å². The van der Waals surface area contributed by atoms with Crippen molar-refractivity contribution < 1.29 is 26.4 Å². The Hall–Kier alpha value is -3.31. The first-order valence-corrected chi connectivity index (χ1v) is 10.0. The van der Waals surface area contributed by atoms with Crippen molar-refractivity contribution >= 4 is 21.6 Å². The second-order valence-corrected chi connectivity index (χ2v) is 7.89. The van der Waals surface area contributed by atoms with E-state index in [2.05, 4.69) is 20.0 Å². The highest BCUT2D eigenvalue weighted by atomic mass is 32.2. The van der Waals surface area contributed by atoms with Gasteiger partial charge in [0.05, 0.1) is 16.5 Å². The fourth-order valence-electron chi connectivity index (χ4n) is 2.51. The topological polar surface area (TPSA) is 101 Å². The lowest BCUT2D eigenvalue weighted by Crippen LogP contribution is -2.28. The van der Waals surface area contributed by atoms with E-state index in [1.54, 1.807) is 6.07 Å². The summed E-state index contributed by atoms with van der Waals surface area (Å²) < 4.78 is 68.1. The van der Waals surface area contributed by atoms with Gasteiger partial charge in [0.1, 0.15) is 11.6 Å². The molecular formula is C19H15F3N4O3S. The molecule has 2 N–H and O–H groups in total. The molecule has 156 valence electrons. The number of rotatable bonds is 6. The van der Waals surface area contributed by atoms with Gasteiger partial charge in [0.25, 0.3) is 5.91 Å². The number of anilines is 1. The zero-order valence-corrected chi connectivity index (χ0v) is 16.3. The quantitative estimate of drug-likeness (QED) is 0.618. The Balaban J connectivity index is 1.84. The van der Waals surface area contributed by atoms with Crippen LogP contribution >= 0.6 is 0 Å². The molecule has 0 aliphatic heterocycles. The number of halogens is 3. The van der Waals surface area contributed by atoms with E-state index in [1.165, 1.54) is 19.3 Å². The minimum atomic E-state index is -4.15. The number of nitrogens with zero attached hydrogens (tertiary/aromatic N) is 2. The van der Waals surface area contributed by atoms with Gasteiger partial charge in [-0.1, -0.05) is 0 Å². The van der Waals surface area contributed by atoms with E-state index in [0.717, 1.165) is 36.4 Å². The average Bonchev–Trinajstić information content (AvgIpc) is 2.71. The maximum Gasteiger partial charge on any atom is 0.258 e. The molecule has 0 saturated heterocycles. The Bertz CT molecular complexity index is 1190. The Labute approximate surface area is 170 Å². The third-order valence-electron chi connectivity index (χ3n) is 3.98. The van der Waals surface area contributed by atoms with Crippen LogP contribution in [0.5, 0.6) is 0 Å². The summed E-state index contributed by atoms with van der Waals surface area (Å²) >= 11 is 0. The molecule has 0 spiro atoms. The van der Waals surface area contributed by atoms with Crippen LogP contribution in [0.4, 0.5) is 18.9 Å². The first-order chi connectivity index (χ1) is 14.2. The Morgan fingerprint density at radius 1 is 0.967 bits per heavy atom. The molecule has 3 rings (SSSR count). The van der Waals surface area contributed by atoms with Crippen LogP contribution in [-0.2, 0) is 10.0 Å². The molecule has 0 aliphatic carbocycles. The van der Waals surface area contributed by atoms with E-state index < -0.39 is 45.0 Å². The maximum atomic E-state index is 14.2. The standard InChI is InChI=1S/C19H15F3N4O3S/c1-11(18-23-7-2-8-24-18)26-30(28,29)13-4-6-15(20)14(10-13)19(27)25-12-3-5-16(21)17(22)9-12/h2-11,26H,1H3,(H,25,27). The lowest BCUT2D eigenvalue weighted by atomic mass is 10.2. The fraction of sp³-hybridized carbons (Fsp3) is 0.105. The molecule has 0 fully saturated rings. The van der Waals surface area contributed by atoms with Crippen molar-refractivity contribution in [2.24, 2.45) is 0 Å². The highest BCUT2D eigenvalue weighted by molar-refractivity contribution is 7.89. The van der Waals surface area contributed by atoms with E-state index in [9.17, 15) is 26.4 Å². The summed E-state index contributed by atoms with van der Waals surface area (Å²) in [6.07, 6.45) is 2.90. The summed E-state index contributed by atoms with van der Waals surface area (Å²) in [6, 6.07) is 6.02. The zero-order valence-electron chi connectivity index (χ0n) is 15.4. The molecule has 1 unspecified atom stereocenters. The van der Waals surface area contributed by atoms with Gasteiger partial charge < -0.3 is 5.32 Å². The molecule has 0 saturated carbocycles. The first kappa shape index (κ1) is 21.4. The minimum absolute atomic E-state index is 0.125.